The molecule has 0 bridgehead atoms. The smallest absolute Gasteiger partial charge is 0.337 e. The number of hydrogen-bond acceptors (Lipinski definition) is 3. The third-order valence-electron chi connectivity index (χ3n) is 2.82. The van der Waals surface area contributed by atoms with Crippen LogP contribution in [0.15, 0.2) is 36.4 Å². The summed E-state index contributed by atoms with van der Waals surface area (Å²) in [4.78, 5) is 23.1. The standard InChI is InChI=1S/C15H11F3N2O3/c1-23-14(21)8-3-2-4-9(7-8)19-15(22)20-11-6-5-10(16)12(17)13(11)18/h2-7H,1H3,(H2,19,20,22). The molecular formula is C15H11F3N2O3. The molecule has 2 amide bonds. The second kappa shape index (κ2) is 6.82. The zero-order valence-corrected chi connectivity index (χ0v) is 11.8. The number of ether oxygens (including phenoxy) is 1. The Morgan fingerprint density at radius 1 is 1.00 bits per heavy atom. The first-order valence-corrected chi connectivity index (χ1v) is 6.32. The van der Waals surface area contributed by atoms with Gasteiger partial charge in [-0.1, -0.05) is 6.07 Å². The van der Waals surface area contributed by atoms with Crippen LogP contribution in [0.2, 0.25) is 0 Å². The number of amides is 2. The second-order valence-electron chi connectivity index (χ2n) is 4.37. The lowest BCUT2D eigenvalue weighted by atomic mass is 10.2. The van der Waals surface area contributed by atoms with Gasteiger partial charge < -0.3 is 15.4 Å². The highest BCUT2D eigenvalue weighted by atomic mass is 19.2. The van der Waals surface area contributed by atoms with Gasteiger partial charge in [0.05, 0.1) is 18.4 Å². The minimum Gasteiger partial charge on any atom is -0.465 e. The third-order valence-corrected chi connectivity index (χ3v) is 2.82. The Hall–Kier alpha value is -3.03. The van der Waals surface area contributed by atoms with Gasteiger partial charge in [0.25, 0.3) is 0 Å². The van der Waals surface area contributed by atoms with E-state index in [2.05, 4.69) is 10.1 Å². The zero-order chi connectivity index (χ0) is 17.0. The molecule has 0 saturated heterocycles. The van der Waals surface area contributed by atoms with Crippen molar-refractivity contribution in [3.05, 3.63) is 59.4 Å². The molecule has 0 unspecified atom stereocenters. The first-order chi connectivity index (χ1) is 10.9. The number of nitrogens with one attached hydrogen (secondary N) is 2. The summed E-state index contributed by atoms with van der Waals surface area (Å²) in [7, 11) is 1.21. The Morgan fingerprint density at radius 3 is 2.43 bits per heavy atom. The van der Waals surface area contributed by atoms with E-state index in [-0.39, 0.29) is 11.3 Å². The minimum absolute atomic E-state index is 0.198. The monoisotopic (exact) mass is 324 g/mol. The van der Waals surface area contributed by atoms with Crippen LogP contribution in [0.4, 0.5) is 29.3 Å². The van der Waals surface area contributed by atoms with E-state index in [1.165, 1.54) is 31.4 Å². The molecule has 0 atom stereocenters. The van der Waals surface area contributed by atoms with Crippen LogP contribution in [0.1, 0.15) is 10.4 Å². The Bertz CT molecular complexity index is 766. The maximum Gasteiger partial charge on any atom is 0.337 e. The summed E-state index contributed by atoms with van der Waals surface area (Å²) in [6.45, 7) is 0. The van der Waals surface area contributed by atoms with Gasteiger partial charge in [-0.25, -0.2) is 22.8 Å². The molecule has 2 N–H and O–H groups in total. The van der Waals surface area contributed by atoms with Crippen LogP contribution in [-0.2, 0) is 4.74 Å². The topological polar surface area (TPSA) is 67.4 Å². The molecule has 0 fully saturated rings. The molecule has 2 aromatic rings. The fourth-order valence-corrected chi connectivity index (χ4v) is 1.75. The van der Waals surface area contributed by atoms with Crippen molar-refractivity contribution in [2.24, 2.45) is 0 Å². The maximum absolute atomic E-state index is 13.5. The highest BCUT2D eigenvalue weighted by Gasteiger charge is 2.15. The molecular weight excluding hydrogens is 313 g/mol. The van der Waals surface area contributed by atoms with E-state index in [1.54, 1.807) is 0 Å². The summed E-state index contributed by atoms with van der Waals surface area (Å²) in [6.07, 6.45) is 0. The summed E-state index contributed by atoms with van der Waals surface area (Å²) in [5.74, 6) is -5.15. The van der Waals surface area contributed by atoms with Gasteiger partial charge in [-0.3, -0.25) is 0 Å². The van der Waals surface area contributed by atoms with Crippen LogP contribution in [0, 0.1) is 17.5 Å². The van der Waals surface area contributed by atoms with Crippen molar-refractivity contribution >= 4 is 23.4 Å². The highest BCUT2D eigenvalue weighted by Crippen LogP contribution is 2.20. The van der Waals surface area contributed by atoms with Crippen LogP contribution in [0.3, 0.4) is 0 Å². The second-order valence-corrected chi connectivity index (χ2v) is 4.37. The predicted molar refractivity (Wildman–Crippen MR) is 76.7 cm³/mol. The Balaban J connectivity index is 2.11. The van der Waals surface area contributed by atoms with E-state index in [1.807, 2.05) is 5.32 Å². The molecule has 2 rings (SSSR count). The van der Waals surface area contributed by atoms with E-state index in [0.717, 1.165) is 6.07 Å². The third kappa shape index (κ3) is 3.79. The van der Waals surface area contributed by atoms with Crippen molar-refractivity contribution in [2.45, 2.75) is 0 Å². The van der Waals surface area contributed by atoms with Crippen molar-refractivity contribution < 1.29 is 27.5 Å². The average Bonchev–Trinajstić information content (AvgIpc) is 2.55. The quantitative estimate of drug-likeness (QED) is 0.670. The molecule has 0 aromatic heterocycles. The first kappa shape index (κ1) is 16.3. The van der Waals surface area contributed by atoms with Gasteiger partial charge in [0.1, 0.15) is 0 Å². The van der Waals surface area contributed by atoms with Crippen LogP contribution in [0.5, 0.6) is 0 Å². The number of rotatable bonds is 3. The molecule has 0 saturated carbocycles. The van der Waals surface area contributed by atoms with Gasteiger partial charge in [-0.05, 0) is 30.3 Å². The number of anilines is 2. The Labute approximate surface area is 129 Å². The van der Waals surface area contributed by atoms with Crippen LogP contribution in [-0.4, -0.2) is 19.1 Å². The van der Waals surface area contributed by atoms with Crippen LogP contribution in [0.25, 0.3) is 0 Å². The molecule has 8 heteroatoms. The summed E-state index contributed by atoms with van der Waals surface area (Å²) in [5, 5.41) is 4.37. The van der Waals surface area contributed by atoms with Crippen LogP contribution < -0.4 is 10.6 Å². The number of carbonyl (C=O) groups is 2. The molecule has 2 aromatic carbocycles. The van der Waals surface area contributed by atoms with Crippen molar-refractivity contribution in [1.82, 2.24) is 0 Å². The number of halogens is 3. The fraction of sp³-hybridized carbons (Fsp3) is 0.0667. The van der Waals surface area contributed by atoms with Gasteiger partial charge in [-0.2, -0.15) is 0 Å². The van der Waals surface area contributed by atoms with E-state index < -0.39 is 35.1 Å². The number of hydrogen-bond donors (Lipinski definition) is 2. The number of carbonyl (C=O) groups excluding carboxylic acids is 2. The van der Waals surface area contributed by atoms with Gasteiger partial charge in [0, 0.05) is 5.69 Å². The lowest BCUT2D eigenvalue weighted by Gasteiger charge is -2.09. The first-order valence-electron chi connectivity index (χ1n) is 6.32. The molecule has 0 aliphatic rings. The zero-order valence-electron chi connectivity index (χ0n) is 11.8. The summed E-state index contributed by atoms with van der Waals surface area (Å²) < 4.78 is 43.9. The molecule has 0 radical (unpaired) electrons. The molecule has 0 spiro atoms. The Kier molecular flexibility index (Phi) is 4.85. The predicted octanol–water partition coefficient (Wildman–Crippen LogP) is 3.53. The molecule has 0 aliphatic heterocycles. The van der Waals surface area contributed by atoms with Crippen LogP contribution >= 0.6 is 0 Å². The van der Waals surface area contributed by atoms with Gasteiger partial charge in [0.2, 0.25) is 0 Å². The van der Waals surface area contributed by atoms with Crippen molar-refractivity contribution in [1.29, 1.82) is 0 Å². The summed E-state index contributed by atoms with van der Waals surface area (Å²) in [6, 6.07) is 6.48. The number of esters is 1. The van der Waals surface area contributed by atoms with E-state index in [9.17, 15) is 22.8 Å². The van der Waals surface area contributed by atoms with Crippen molar-refractivity contribution in [2.75, 3.05) is 17.7 Å². The molecule has 0 aliphatic carbocycles. The Morgan fingerprint density at radius 2 is 1.74 bits per heavy atom. The lowest BCUT2D eigenvalue weighted by Crippen LogP contribution is -2.20. The summed E-state index contributed by atoms with van der Waals surface area (Å²) >= 11 is 0. The fourth-order valence-electron chi connectivity index (χ4n) is 1.75. The van der Waals surface area contributed by atoms with E-state index >= 15 is 0 Å². The molecule has 120 valence electrons. The normalized spacial score (nSPS) is 10.1. The van der Waals surface area contributed by atoms with E-state index in [0.29, 0.717) is 6.07 Å². The SMILES string of the molecule is COC(=O)c1cccc(NC(=O)Nc2ccc(F)c(F)c2F)c1. The largest absolute Gasteiger partial charge is 0.465 e. The van der Waals surface area contributed by atoms with Gasteiger partial charge >= 0.3 is 12.0 Å². The van der Waals surface area contributed by atoms with Crippen molar-refractivity contribution in [3.63, 3.8) is 0 Å². The molecule has 5 nitrogen and oxygen atoms in total. The molecule has 0 heterocycles. The van der Waals surface area contributed by atoms with Gasteiger partial charge in [-0.15, -0.1) is 0 Å². The number of urea groups is 1. The van der Waals surface area contributed by atoms with E-state index in [4.69, 9.17) is 0 Å². The summed E-state index contributed by atoms with van der Waals surface area (Å²) in [5.41, 5.74) is -0.0942. The average molecular weight is 324 g/mol. The highest BCUT2D eigenvalue weighted by molar-refractivity contribution is 6.00. The number of methoxy groups -OCH3 is 1. The number of benzene rings is 2. The van der Waals surface area contributed by atoms with Gasteiger partial charge in [0.15, 0.2) is 17.5 Å². The lowest BCUT2D eigenvalue weighted by molar-refractivity contribution is 0.0600. The molecule has 23 heavy (non-hydrogen) atoms. The van der Waals surface area contributed by atoms with Crippen molar-refractivity contribution in [3.8, 4) is 0 Å². The minimum atomic E-state index is -1.68. The maximum atomic E-state index is 13.5.